The van der Waals surface area contributed by atoms with E-state index in [4.69, 9.17) is 5.11 Å². The largest absolute Gasteiger partial charge is 0.479 e. The number of carboxylic acid groups (broad SMARTS) is 2. The van der Waals surface area contributed by atoms with Crippen LogP contribution in [0.3, 0.4) is 0 Å². The number of aliphatic carboxylic acids is 2. The summed E-state index contributed by atoms with van der Waals surface area (Å²) >= 11 is 0. The zero-order valence-electron chi connectivity index (χ0n) is 13.6. The van der Waals surface area contributed by atoms with Crippen molar-refractivity contribution < 1.29 is 30.0 Å². The second-order valence-electron chi connectivity index (χ2n) is 6.38. The predicted octanol–water partition coefficient (Wildman–Crippen LogP) is 1.30. The van der Waals surface area contributed by atoms with Crippen molar-refractivity contribution in [1.82, 2.24) is 0 Å². The summed E-state index contributed by atoms with van der Waals surface area (Å²) in [6.07, 6.45) is -1.38. The van der Waals surface area contributed by atoms with E-state index in [0.717, 1.165) is 0 Å². The Morgan fingerprint density at radius 3 is 1.59 bits per heavy atom. The molecule has 0 aliphatic rings. The summed E-state index contributed by atoms with van der Waals surface area (Å²) in [5.74, 6) is -3.21. The number of carboxylic acids is 2. The normalized spacial score (nSPS) is 19.4. The van der Waals surface area contributed by atoms with Crippen LogP contribution in [0.25, 0.3) is 0 Å². The molecule has 0 saturated heterocycles. The van der Waals surface area contributed by atoms with Crippen LogP contribution in [0.15, 0.2) is 10.2 Å². The minimum Gasteiger partial charge on any atom is -0.479 e. The van der Waals surface area contributed by atoms with Crippen LogP contribution in [0.1, 0.15) is 47.5 Å². The molecule has 0 spiro atoms. The topological polar surface area (TPSA) is 140 Å². The zero-order valence-corrected chi connectivity index (χ0v) is 13.6. The maximum absolute atomic E-state index is 11.6. The highest BCUT2D eigenvalue weighted by molar-refractivity contribution is 5.79. The lowest BCUT2D eigenvalue weighted by Gasteiger charge is -2.32. The van der Waals surface area contributed by atoms with E-state index in [1.807, 2.05) is 0 Å². The van der Waals surface area contributed by atoms with Crippen molar-refractivity contribution in [1.29, 1.82) is 0 Å². The van der Waals surface area contributed by atoms with E-state index in [0.29, 0.717) is 0 Å². The summed E-state index contributed by atoms with van der Waals surface area (Å²) < 4.78 is 0. The first-order chi connectivity index (χ1) is 9.82. The summed E-state index contributed by atoms with van der Waals surface area (Å²) in [7, 11) is 0. The van der Waals surface area contributed by atoms with Crippen molar-refractivity contribution in [2.75, 3.05) is 0 Å². The second-order valence-corrected chi connectivity index (χ2v) is 6.38. The zero-order chi connectivity index (χ0) is 17.7. The molecule has 0 fully saturated rings. The van der Waals surface area contributed by atoms with E-state index in [9.17, 15) is 24.9 Å². The van der Waals surface area contributed by atoms with Crippen LogP contribution < -0.4 is 0 Å². The van der Waals surface area contributed by atoms with Crippen LogP contribution in [0.5, 0.6) is 0 Å². The standard InChI is InChI=1S/C14H26N2O6/c1-8(17)6-10(7-9(2)18)14(5,12(21)22)16-15-13(3,4)11(19)20/h8-10,17-18H,6-7H2,1-5H3,(H,19,20)(H,21,22)/b16-15+. The fourth-order valence-electron chi connectivity index (χ4n) is 1.95. The van der Waals surface area contributed by atoms with E-state index >= 15 is 0 Å². The third-order valence-electron chi connectivity index (χ3n) is 3.51. The maximum Gasteiger partial charge on any atom is 0.333 e. The van der Waals surface area contributed by atoms with Crippen LogP contribution in [-0.4, -0.2) is 55.7 Å². The Morgan fingerprint density at radius 2 is 1.32 bits per heavy atom. The number of carbonyl (C=O) groups is 2. The Morgan fingerprint density at radius 1 is 0.909 bits per heavy atom. The summed E-state index contributed by atoms with van der Waals surface area (Å²) in [6, 6.07) is 0. The first-order valence-corrected chi connectivity index (χ1v) is 7.10. The average Bonchev–Trinajstić information content (AvgIpc) is 2.33. The molecular formula is C14H26N2O6. The minimum atomic E-state index is -1.74. The fourth-order valence-corrected chi connectivity index (χ4v) is 1.95. The number of rotatable bonds is 9. The molecule has 0 amide bonds. The fraction of sp³-hybridized carbons (Fsp3) is 0.857. The summed E-state index contributed by atoms with van der Waals surface area (Å²) in [5, 5.41) is 45.1. The number of aliphatic hydroxyl groups excluding tert-OH is 2. The molecule has 22 heavy (non-hydrogen) atoms. The molecule has 0 aromatic carbocycles. The van der Waals surface area contributed by atoms with Crippen molar-refractivity contribution in [3.63, 3.8) is 0 Å². The van der Waals surface area contributed by atoms with Gasteiger partial charge in [-0.05, 0) is 47.5 Å². The molecule has 0 aliphatic heterocycles. The third-order valence-corrected chi connectivity index (χ3v) is 3.51. The van der Waals surface area contributed by atoms with Crippen LogP contribution in [0, 0.1) is 5.92 Å². The van der Waals surface area contributed by atoms with Gasteiger partial charge >= 0.3 is 11.9 Å². The molecule has 128 valence electrons. The SMILES string of the molecule is CC(O)CC(CC(C)O)C(C)(/N=N/C(C)(C)C(=O)O)C(=O)O. The van der Waals surface area contributed by atoms with E-state index in [1.165, 1.54) is 34.6 Å². The lowest BCUT2D eigenvalue weighted by Crippen LogP contribution is -2.44. The molecule has 3 unspecified atom stereocenters. The molecule has 8 heteroatoms. The Labute approximate surface area is 129 Å². The van der Waals surface area contributed by atoms with Crippen LogP contribution >= 0.6 is 0 Å². The van der Waals surface area contributed by atoms with Gasteiger partial charge in [-0.25, -0.2) is 9.59 Å². The van der Waals surface area contributed by atoms with Crippen LogP contribution in [-0.2, 0) is 9.59 Å². The van der Waals surface area contributed by atoms with Crippen LogP contribution in [0.4, 0.5) is 0 Å². The first-order valence-electron chi connectivity index (χ1n) is 7.10. The van der Waals surface area contributed by atoms with Gasteiger partial charge in [-0.15, -0.1) is 0 Å². The van der Waals surface area contributed by atoms with Crippen LogP contribution in [0.2, 0.25) is 0 Å². The van der Waals surface area contributed by atoms with Gasteiger partial charge in [-0.1, -0.05) is 0 Å². The number of aliphatic hydroxyl groups is 2. The van der Waals surface area contributed by atoms with Gasteiger partial charge in [0.15, 0.2) is 11.1 Å². The molecule has 0 radical (unpaired) electrons. The highest BCUT2D eigenvalue weighted by atomic mass is 16.4. The Kier molecular flexibility index (Phi) is 7.11. The molecule has 0 bridgehead atoms. The molecular weight excluding hydrogens is 292 g/mol. The monoisotopic (exact) mass is 318 g/mol. The van der Waals surface area contributed by atoms with Gasteiger partial charge in [0.1, 0.15) is 0 Å². The van der Waals surface area contributed by atoms with E-state index in [2.05, 4.69) is 10.2 Å². The average molecular weight is 318 g/mol. The minimum absolute atomic E-state index is 0.0974. The van der Waals surface area contributed by atoms with Crippen molar-refractivity contribution in [2.45, 2.75) is 70.7 Å². The number of hydrogen-bond donors (Lipinski definition) is 4. The van der Waals surface area contributed by atoms with Gasteiger partial charge in [0.25, 0.3) is 0 Å². The lowest BCUT2D eigenvalue weighted by atomic mass is 9.79. The number of hydrogen-bond acceptors (Lipinski definition) is 6. The van der Waals surface area contributed by atoms with Crippen molar-refractivity contribution in [2.24, 2.45) is 16.1 Å². The lowest BCUT2D eigenvalue weighted by molar-refractivity contribution is -0.147. The molecule has 0 heterocycles. The summed E-state index contributed by atoms with van der Waals surface area (Å²) in [5.41, 5.74) is -3.29. The molecule has 3 atom stereocenters. The van der Waals surface area contributed by atoms with E-state index in [-0.39, 0.29) is 12.8 Å². The quantitative estimate of drug-likeness (QED) is 0.472. The van der Waals surface area contributed by atoms with Crippen molar-refractivity contribution in [3.05, 3.63) is 0 Å². The summed E-state index contributed by atoms with van der Waals surface area (Å²) in [6.45, 7) is 6.94. The highest BCUT2D eigenvalue weighted by Crippen LogP contribution is 2.32. The molecule has 0 rings (SSSR count). The van der Waals surface area contributed by atoms with E-state index in [1.54, 1.807) is 0 Å². The molecule has 0 aromatic rings. The second kappa shape index (κ2) is 7.64. The van der Waals surface area contributed by atoms with Crippen molar-refractivity contribution in [3.8, 4) is 0 Å². The Hall–Kier alpha value is -1.54. The Bertz CT molecular complexity index is 423. The van der Waals surface area contributed by atoms with Gasteiger partial charge in [0.05, 0.1) is 12.2 Å². The van der Waals surface area contributed by atoms with Crippen molar-refractivity contribution >= 4 is 11.9 Å². The molecule has 0 aromatic heterocycles. The predicted molar refractivity (Wildman–Crippen MR) is 78.7 cm³/mol. The van der Waals surface area contributed by atoms with Gasteiger partial charge in [-0.3, -0.25) is 0 Å². The van der Waals surface area contributed by atoms with Gasteiger partial charge in [-0.2, -0.15) is 10.2 Å². The maximum atomic E-state index is 11.6. The Balaban J connectivity index is 5.65. The molecule has 8 nitrogen and oxygen atoms in total. The molecule has 0 aliphatic carbocycles. The van der Waals surface area contributed by atoms with Gasteiger partial charge < -0.3 is 20.4 Å². The third kappa shape index (κ3) is 5.69. The van der Waals surface area contributed by atoms with E-state index < -0.39 is 41.1 Å². The molecule has 4 N–H and O–H groups in total. The smallest absolute Gasteiger partial charge is 0.333 e. The summed E-state index contributed by atoms with van der Waals surface area (Å²) in [4.78, 5) is 22.7. The number of azo groups is 1. The first kappa shape index (κ1) is 20.5. The van der Waals surface area contributed by atoms with Gasteiger partial charge in [0, 0.05) is 5.92 Å². The van der Waals surface area contributed by atoms with Gasteiger partial charge in [0.2, 0.25) is 0 Å². The highest BCUT2D eigenvalue weighted by Gasteiger charge is 2.44. The number of nitrogens with zero attached hydrogens (tertiary/aromatic N) is 2. The molecule has 0 saturated carbocycles.